The fourth-order valence-corrected chi connectivity index (χ4v) is 2.82. The molecular formula is C23H32N4O2. The normalized spacial score (nSPS) is 11.7. The van der Waals surface area contributed by atoms with E-state index in [1.807, 2.05) is 69.3 Å². The van der Waals surface area contributed by atoms with Gasteiger partial charge in [0.15, 0.2) is 5.96 Å². The lowest BCUT2D eigenvalue weighted by molar-refractivity contribution is 0.0963. The van der Waals surface area contributed by atoms with Crippen LogP contribution in [0.15, 0.2) is 53.5 Å². The second-order valence-electron chi connectivity index (χ2n) is 7.70. The van der Waals surface area contributed by atoms with E-state index in [1.165, 1.54) is 0 Å². The summed E-state index contributed by atoms with van der Waals surface area (Å²) in [7, 11) is 3.38. The Labute approximate surface area is 173 Å². The van der Waals surface area contributed by atoms with Crippen molar-refractivity contribution in [2.24, 2.45) is 4.99 Å². The van der Waals surface area contributed by atoms with Crippen molar-refractivity contribution >= 4 is 11.9 Å². The molecule has 0 atom stereocenters. The molecule has 156 valence electrons. The van der Waals surface area contributed by atoms with Gasteiger partial charge in [0.1, 0.15) is 11.4 Å². The monoisotopic (exact) mass is 396 g/mol. The van der Waals surface area contributed by atoms with Gasteiger partial charge >= 0.3 is 0 Å². The number of amides is 1. The first kappa shape index (κ1) is 22.3. The van der Waals surface area contributed by atoms with E-state index < -0.39 is 0 Å². The Morgan fingerprint density at radius 2 is 1.83 bits per heavy atom. The van der Waals surface area contributed by atoms with Gasteiger partial charge in [0.2, 0.25) is 0 Å². The van der Waals surface area contributed by atoms with E-state index in [9.17, 15) is 4.79 Å². The van der Waals surface area contributed by atoms with E-state index >= 15 is 0 Å². The molecule has 2 aromatic rings. The number of nitrogens with zero attached hydrogens (tertiary/aromatic N) is 1. The third-order valence-corrected chi connectivity index (χ3v) is 4.18. The molecule has 0 unspecified atom stereocenters. The Balaban J connectivity index is 1.89. The van der Waals surface area contributed by atoms with Crippen molar-refractivity contribution in [3.05, 3.63) is 65.2 Å². The smallest absolute Gasteiger partial charge is 0.251 e. The molecule has 1 amide bonds. The maximum atomic E-state index is 11.8. The van der Waals surface area contributed by atoms with E-state index in [1.54, 1.807) is 14.1 Å². The first-order valence-corrected chi connectivity index (χ1v) is 9.85. The van der Waals surface area contributed by atoms with Crippen LogP contribution in [0.3, 0.4) is 0 Å². The van der Waals surface area contributed by atoms with Crippen LogP contribution in [0.1, 0.15) is 42.3 Å². The number of nitrogens with one attached hydrogen (secondary N) is 3. The number of benzene rings is 2. The molecule has 3 N–H and O–H groups in total. The highest BCUT2D eigenvalue weighted by molar-refractivity contribution is 5.94. The molecule has 0 aromatic heterocycles. The molecule has 0 saturated carbocycles. The highest BCUT2D eigenvalue weighted by atomic mass is 16.5. The highest BCUT2D eigenvalue weighted by Gasteiger charge is 2.14. The second kappa shape index (κ2) is 10.5. The van der Waals surface area contributed by atoms with Crippen molar-refractivity contribution in [2.45, 2.75) is 39.3 Å². The van der Waals surface area contributed by atoms with Crippen LogP contribution in [0.25, 0.3) is 0 Å². The average molecular weight is 397 g/mol. The molecule has 2 aromatic carbocycles. The van der Waals surface area contributed by atoms with Crippen LogP contribution < -0.4 is 20.7 Å². The Hall–Kier alpha value is -3.02. The lowest BCUT2D eigenvalue weighted by Gasteiger charge is -2.23. The minimum absolute atomic E-state index is 0.0755. The van der Waals surface area contributed by atoms with Crippen molar-refractivity contribution in [1.29, 1.82) is 0 Å². The van der Waals surface area contributed by atoms with Gasteiger partial charge in [-0.15, -0.1) is 0 Å². The quantitative estimate of drug-likeness (QED) is 0.497. The molecule has 0 aliphatic rings. The molecule has 6 nitrogen and oxygen atoms in total. The zero-order valence-electron chi connectivity index (χ0n) is 18.0. The van der Waals surface area contributed by atoms with Crippen LogP contribution in [0, 0.1) is 0 Å². The molecule has 0 bridgehead atoms. The lowest BCUT2D eigenvalue weighted by atomic mass is 10.1. The van der Waals surface area contributed by atoms with Crippen LogP contribution >= 0.6 is 0 Å². The minimum Gasteiger partial charge on any atom is -0.488 e. The summed E-state index contributed by atoms with van der Waals surface area (Å²) >= 11 is 0. The number of carbonyl (C=O) groups excluding carboxylic acids is 1. The van der Waals surface area contributed by atoms with Crippen molar-refractivity contribution in [3.63, 3.8) is 0 Å². The molecule has 29 heavy (non-hydrogen) atoms. The van der Waals surface area contributed by atoms with Crippen LogP contribution in [-0.4, -0.2) is 38.1 Å². The first-order valence-electron chi connectivity index (χ1n) is 9.85. The summed E-state index contributed by atoms with van der Waals surface area (Å²) < 4.78 is 6.04. The van der Waals surface area contributed by atoms with Crippen LogP contribution in [-0.2, 0) is 13.0 Å². The summed E-state index contributed by atoms with van der Waals surface area (Å²) in [6.07, 6.45) is 0.787. The summed E-state index contributed by atoms with van der Waals surface area (Å²) in [5.74, 6) is 1.51. The number of aliphatic imine (C=N–C) groups is 1. The van der Waals surface area contributed by atoms with Gasteiger partial charge in [0.05, 0.1) is 0 Å². The standard InChI is InChI=1S/C23H32N4O2/c1-23(2,3)29-20-12-7-6-10-19(20)16-27-22(25-5)26-14-13-17-9-8-11-18(15-17)21(28)24-4/h6-12,15H,13-14,16H2,1-5H3,(H,24,28)(H2,25,26,27). The minimum atomic E-state index is -0.251. The maximum Gasteiger partial charge on any atom is 0.251 e. The van der Waals surface area contributed by atoms with Crippen LogP contribution in [0.5, 0.6) is 5.75 Å². The number of para-hydroxylation sites is 1. The number of hydrogen-bond donors (Lipinski definition) is 3. The lowest BCUT2D eigenvalue weighted by Crippen LogP contribution is -2.38. The van der Waals surface area contributed by atoms with Gasteiger partial charge in [0, 0.05) is 38.3 Å². The van der Waals surface area contributed by atoms with E-state index in [0.29, 0.717) is 18.7 Å². The zero-order chi connectivity index (χ0) is 21.3. The number of ether oxygens (including phenoxy) is 1. The predicted molar refractivity (Wildman–Crippen MR) is 119 cm³/mol. The van der Waals surface area contributed by atoms with Gasteiger partial charge in [-0.3, -0.25) is 9.79 Å². The zero-order valence-corrected chi connectivity index (χ0v) is 18.0. The molecule has 0 spiro atoms. The summed E-state index contributed by atoms with van der Waals surface area (Å²) in [5, 5.41) is 9.30. The van der Waals surface area contributed by atoms with E-state index in [4.69, 9.17) is 4.74 Å². The third-order valence-electron chi connectivity index (χ3n) is 4.18. The average Bonchev–Trinajstić information content (AvgIpc) is 2.70. The van der Waals surface area contributed by atoms with Gasteiger partial charge in [0.25, 0.3) is 5.91 Å². The predicted octanol–water partition coefficient (Wildman–Crippen LogP) is 3.13. The fourth-order valence-electron chi connectivity index (χ4n) is 2.82. The molecule has 0 saturated heterocycles. The van der Waals surface area contributed by atoms with Gasteiger partial charge in [-0.2, -0.15) is 0 Å². The Bertz CT molecular complexity index is 841. The molecule has 2 rings (SSSR count). The maximum absolute atomic E-state index is 11.8. The molecule has 6 heteroatoms. The van der Waals surface area contributed by atoms with Crippen LogP contribution in [0.4, 0.5) is 0 Å². The first-order chi connectivity index (χ1) is 13.8. The topological polar surface area (TPSA) is 74.8 Å². The van der Waals surface area contributed by atoms with Crippen molar-refractivity contribution < 1.29 is 9.53 Å². The molecule has 0 aliphatic carbocycles. The Morgan fingerprint density at radius 3 is 2.52 bits per heavy atom. The van der Waals surface area contributed by atoms with Gasteiger partial charge in [-0.1, -0.05) is 30.3 Å². The number of carbonyl (C=O) groups is 1. The molecule has 0 heterocycles. The van der Waals surface area contributed by atoms with Crippen LogP contribution in [0.2, 0.25) is 0 Å². The number of guanidine groups is 1. The highest BCUT2D eigenvalue weighted by Crippen LogP contribution is 2.22. The summed E-state index contributed by atoms with van der Waals surface area (Å²) in [6, 6.07) is 15.7. The summed E-state index contributed by atoms with van der Waals surface area (Å²) in [4.78, 5) is 16.0. The van der Waals surface area contributed by atoms with E-state index in [-0.39, 0.29) is 11.5 Å². The van der Waals surface area contributed by atoms with Crippen molar-refractivity contribution in [3.8, 4) is 5.75 Å². The third kappa shape index (κ3) is 7.49. The molecule has 0 aliphatic heterocycles. The van der Waals surface area contributed by atoms with E-state index in [0.717, 1.165) is 29.3 Å². The molecular weight excluding hydrogens is 364 g/mol. The SMILES string of the molecule is CN=C(NCCc1cccc(C(=O)NC)c1)NCc1ccccc1OC(C)(C)C. The Morgan fingerprint density at radius 1 is 1.07 bits per heavy atom. The Kier molecular flexibility index (Phi) is 8.07. The molecule has 0 radical (unpaired) electrons. The van der Waals surface area contributed by atoms with Gasteiger partial charge < -0.3 is 20.7 Å². The number of rotatable bonds is 7. The van der Waals surface area contributed by atoms with Gasteiger partial charge in [-0.05, 0) is 51.0 Å². The van der Waals surface area contributed by atoms with Crippen molar-refractivity contribution in [1.82, 2.24) is 16.0 Å². The second-order valence-corrected chi connectivity index (χ2v) is 7.70. The largest absolute Gasteiger partial charge is 0.488 e. The summed E-state index contributed by atoms with van der Waals surface area (Å²) in [6.45, 7) is 7.43. The van der Waals surface area contributed by atoms with Gasteiger partial charge in [-0.25, -0.2) is 0 Å². The van der Waals surface area contributed by atoms with Crippen molar-refractivity contribution in [2.75, 3.05) is 20.6 Å². The fraction of sp³-hybridized carbons (Fsp3) is 0.391. The summed E-state index contributed by atoms with van der Waals surface area (Å²) in [5.41, 5.74) is 2.59. The molecule has 0 fully saturated rings. The van der Waals surface area contributed by atoms with E-state index in [2.05, 4.69) is 20.9 Å². The number of hydrogen-bond acceptors (Lipinski definition) is 3.